The Morgan fingerprint density at radius 3 is 3.00 bits per heavy atom. The number of fused-ring (bicyclic) bond motifs is 1. The normalized spacial score (nSPS) is 36.5. The molecule has 0 radical (unpaired) electrons. The second kappa shape index (κ2) is 4.13. The fourth-order valence-electron chi connectivity index (χ4n) is 3.30. The lowest BCUT2D eigenvalue weighted by molar-refractivity contribution is -0.123. The summed E-state index contributed by atoms with van der Waals surface area (Å²) in [5.41, 5.74) is 0. The molecular formula is C12H17NO. The Kier molecular flexibility index (Phi) is 2.86. The van der Waals surface area contributed by atoms with Crippen molar-refractivity contribution in [2.45, 2.75) is 44.9 Å². The molecule has 0 bridgehead atoms. The Labute approximate surface area is 85.3 Å². The molecule has 3 atom stereocenters. The Morgan fingerprint density at radius 2 is 2.21 bits per heavy atom. The fourth-order valence-corrected chi connectivity index (χ4v) is 3.30. The molecule has 0 aromatic rings. The number of hydrogen-bond donors (Lipinski definition) is 0. The molecule has 2 aliphatic rings. The molecule has 2 heteroatoms. The molecule has 2 rings (SSSR count). The first kappa shape index (κ1) is 9.71. The van der Waals surface area contributed by atoms with Crippen molar-refractivity contribution in [1.82, 2.24) is 0 Å². The Morgan fingerprint density at radius 1 is 1.36 bits per heavy atom. The van der Waals surface area contributed by atoms with Gasteiger partial charge in [0.2, 0.25) is 0 Å². The highest BCUT2D eigenvalue weighted by atomic mass is 16.1. The topological polar surface area (TPSA) is 40.9 Å². The van der Waals surface area contributed by atoms with Crippen molar-refractivity contribution < 1.29 is 4.79 Å². The van der Waals surface area contributed by atoms with E-state index in [4.69, 9.17) is 5.26 Å². The summed E-state index contributed by atoms with van der Waals surface area (Å²) in [6, 6.07) is 2.20. The second-order valence-electron chi connectivity index (χ2n) is 4.68. The maximum Gasteiger partial charge on any atom is 0.136 e. The Balaban J connectivity index is 2.01. The van der Waals surface area contributed by atoms with Gasteiger partial charge in [0.05, 0.1) is 6.07 Å². The van der Waals surface area contributed by atoms with E-state index >= 15 is 0 Å². The lowest BCUT2D eigenvalue weighted by atomic mass is 9.72. The van der Waals surface area contributed by atoms with Gasteiger partial charge in [0.1, 0.15) is 5.78 Å². The number of carbonyl (C=O) groups is 1. The van der Waals surface area contributed by atoms with Gasteiger partial charge in [0, 0.05) is 18.8 Å². The first-order chi connectivity index (χ1) is 6.83. The van der Waals surface area contributed by atoms with Gasteiger partial charge in [-0.1, -0.05) is 6.42 Å². The largest absolute Gasteiger partial charge is 0.299 e. The zero-order chi connectivity index (χ0) is 9.97. The summed E-state index contributed by atoms with van der Waals surface area (Å²) in [6.45, 7) is 0. The minimum Gasteiger partial charge on any atom is -0.299 e. The van der Waals surface area contributed by atoms with Crippen LogP contribution in [0.25, 0.3) is 0 Å². The van der Waals surface area contributed by atoms with Crippen molar-refractivity contribution in [2.24, 2.45) is 17.8 Å². The van der Waals surface area contributed by atoms with E-state index in [1.807, 2.05) is 0 Å². The highest BCUT2D eigenvalue weighted by molar-refractivity contribution is 5.83. The number of rotatable bonds is 2. The van der Waals surface area contributed by atoms with Crippen molar-refractivity contribution in [3.05, 3.63) is 0 Å². The highest BCUT2D eigenvalue weighted by Gasteiger charge is 2.41. The van der Waals surface area contributed by atoms with Gasteiger partial charge in [0.25, 0.3) is 0 Å². The molecule has 0 spiro atoms. The van der Waals surface area contributed by atoms with E-state index in [0.717, 1.165) is 19.3 Å². The summed E-state index contributed by atoms with van der Waals surface area (Å²) in [5.74, 6) is 2.01. The van der Waals surface area contributed by atoms with Gasteiger partial charge in [-0.3, -0.25) is 4.79 Å². The molecule has 2 aliphatic carbocycles. The van der Waals surface area contributed by atoms with Crippen molar-refractivity contribution in [3.63, 3.8) is 0 Å². The number of nitrogens with zero attached hydrogens (tertiary/aromatic N) is 1. The minimum absolute atomic E-state index is 0.331. The number of carbonyl (C=O) groups excluding carboxylic acids is 1. The highest BCUT2D eigenvalue weighted by Crippen LogP contribution is 2.44. The van der Waals surface area contributed by atoms with Crippen LogP contribution in [0.2, 0.25) is 0 Å². The maximum atomic E-state index is 11.7. The molecule has 0 aromatic heterocycles. The van der Waals surface area contributed by atoms with E-state index in [-0.39, 0.29) is 0 Å². The molecule has 0 heterocycles. The zero-order valence-electron chi connectivity index (χ0n) is 8.54. The molecule has 0 N–H and O–H groups in total. The van der Waals surface area contributed by atoms with Crippen LogP contribution in [0.5, 0.6) is 0 Å². The average Bonchev–Trinajstić information content (AvgIpc) is 2.58. The third-order valence-electron chi connectivity index (χ3n) is 3.93. The zero-order valence-corrected chi connectivity index (χ0v) is 8.54. The SMILES string of the molecule is N#CCC[C@H]1CCCC2CCC(=O)[C@@H]21. The van der Waals surface area contributed by atoms with Crippen LogP contribution in [0.4, 0.5) is 0 Å². The molecular weight excluding hydrogens is 174 g/mol. The van der Waals surface area contributed by atoms with Crippen molar-refractivity contribution in [1.29, 1.82) is 5.26 Å². The van der Waals surface area contributed by atoms with Gasteiger partial charge >= 0.3 is 0 Å². The molecule has 0 saturated heterocycles. The summed E-state index contributed by atoms with van der Waals surface area (Å²) >= 11 is 0. The van der Waals surface area contributed by atoms with E-state index in [1.54, 1.807) is 0 Å². The van der Waals surface area contributed by atoms with Crippen LogP contribution in [0.1, 0.15) is 44.9 Å². The van der Waals surface area contributed by atoms with E-state index in [0.29, 0.717) is 30.0 Å². The quantitative estimate of drug-likeness (QED) is 0.673. The standard InChI is InChI=1S/C12H17NO/c13-8-2-5-9-3-1-4-10-6-7-11(14)12(9)10/h9-10,12H,1-7H2/t9-,10?,12-/m1/s1. The van der Waals surface area contributed by atoms with Gasteiger partial charge in [0.15, 0.2) is 0 Å². The molecule has 76 valence electrons. The average molecular weight is 191 g/mol. The third kappa shape index (κ3) is 1.68. The first-order valence-electron chi connectivity index (χ1n) is 5.72. The van der Waals surface area contributed by atoms with Crippen LogP contribution in [0.3, 0.4) is 0 Å². The molecule has 1 unspecified atom stereocenters. The summed E-state index contributed by atoms with van der Waals surface area (Å²) in [5, 5.41) is 8.57. The lowest BCUT2D eigenvalue weighted by Crippen LogP contribution is -2.28. The number of Topliss-reactive ketones (excluding diaryl/α,β-unsaturated/α-hetero) is 1. The van der Waals surface area contributed by atoms with E-state index in [2.05, 4.69) is 6.07 Å². The van der Waals surface area contributed by atoms with E-state index in [1.165, 1.54) is 19.3 Å². The van der Waals surface area contributed by atoms with Crippen molar-refractivity contribution in [2.75, 3.05) is 0 Å². The van der Waals surface area contributed by atoms with Crippen LogP contribution in [-0.4, -0.2) is 5.78 Å². The number of hydrogen-bond acceptors (Lipinski definition) is 2. The van der Waals surface area contributed by atoms with Gasteiger partial charge in [-0.2, -0.15) is 5.26 Å². The van der Waals surface area contributed by atoms with Crippen molar-refractivity contribution in [3.8, 4) is 6.07 Å². The first-order valence-corrected chi connectivity index (χ1v) is 5.72. The van der Waals surface area contributed by atoms with Crippen LogP contribution < -0.4 is 0 Å². The van der Waals surface area contributed by atoms with Crippen molar-refractivity contribution >= 4 is 5.78 Å². The van der Waals surface area contributed by atoms with Gasteiger partial charge < -0.3 is 0 Å². The van der Waals surface area contributed by atoms with Crippen LogP contribution in [0, 0.1) is 29.1 Å². The molecule has 2 fully saturated rings. The summed E-state index contributed by atoms with van der Waals surface area (Å²) in [6.07, 6.45) is 7.19. The third-order valence-corrected chi connectivity index (χ3v) is 3.93. The number of ketones is 1. The van der Waals surface area contributed by atoms with Crippen LogP contribution in [-0.2, 0) is 4.79 Å². The molecule has 0 aromatic carbocycles. The fraction of sp³-hybridized carbons (Fsp3) is 0.833. The van der Waals surface area contributed by atoms with Gasteiger partial charge in [-0.05, 0) is 37.5 Å². The van der Waals surface area contributed by atoms with Gasteiger partial charge in [-0.15, -0.1) is 0 Å². The summed E-state index contributed by atoms with van der Waals surface area (Å²) in [4.78, 5) is 11.7. The summed E-state index contributed by atoms with van der Waals surface area (Å²) < 4.78 is 0. The van der Waals surface area contributed by atoms with Crippen LogP contribution >= 0.6 is 0 Å². The Hall–Kier alpha value is -0.840. The molecule has 0 amide bonds. The van der Waals surface area contributed by atoms with E-state index in [9.17, 15) is 4.79 Å². The predicted octanol–water partition coefficient (Wildman–Crippen LogP) is 2.69. The summed E-state index contributed by atoms with van der Waals surface area (Å²) in [7, 11) is 0. The smallest absolute Gasteiger partial charge is 0.136 e. The maximum absolute atomic E-state index is 11.7. The molecule has 2 saturated carbocycles. The Bertz CT molecular complexity index is 266. The molecule has 2 nitrogen and oxygen atoms in total. The number of nitriles is 1. The van der Waals surface area contributed by atoms with Gasteiger partial charge in [-0.25, -0.2) is 0 Å². The second-order valence-corrected chi connectivity index (χ2v) is 4.68. The molecule has 0 aliphatic heterocycles. The monoisotopic (exact) mass is 191 g/mol. The molecule has 14 heavy (non-hydrogen) atoms. The van der Waals surface area contributed by atoms with E-state index < -0.39 is 0 Å². The minimum atomic E-state index is 0.331. The lowest BCUT2D eigenvalue weighted by Gasteiger charge is -2.32. The predicted molar refractivity (Wildman–Crippen MR) is 53.4 cm³/mol. The van der Waals surface area contributed by atoms with Crippen LogP contribution in [0.15, 0.2) is 0 Å².